The molecule has 0 fully saturated rings. The fourth-order valence-corrected chi connectivity index (χ4v) is 3.31. The molecule has 0 bridgehead atoms. The van der Waals surface area contributed by atoms with Crippen LogP contribution in [0.1, 0.15) is 49.2 Å². The van der Waals surface area contributed by atoms with Crippen molar-refractivity contribution in [1.29, 1.82) is 0 Å². The Kier molecular flexibility index (Phi) is 7.86. The first-order chi connectivity index (χ1) is 14.2. The highest BCUT2D eigenvalue weighted by Crippen LogP contribution is 2.30. The molecule has 0 aliphatic heterocycles. The van der Waals surface area contributed by atoms with Gasteiger partial charge in [0.1, 0.15) is 5.82 Å². The molecule has 0 spiro atoms. The lowest BCUT2D eigenvalue weighted by molar-refractivity contribution is 0.294. The molecule has 0 aliphatic rings. The summed E-state index contributed by atoms with van der Waals surface area (Å²) in [4.78, 5) is 13.2. The molecule has 0 saturated carbocycles. The second-order valence-corrected chi connectivity index (χ2v) is 7.27. The van der Waals surface area contributed by atoms with Gasteiger partial charge in [-0.3, -0.25) is 4.79 Å². The van der Waals surface area contributed by atoms with Crippen LogP contribution in [0.5, 0.6) is 0 Å². The van der Waals surface area contributed by atoms with E-state index in [1.54, 1.807) is 32.1 Å². The van der Waals surface area contributed by atoms with E-state index in [9.17, 15) is 9.18 Å². The highest BCUT2D eigenvalue weighted by Gasteiger charge is 2.22. The van der Waals surface area contributed by atoms with Crippen LogP contribution in [0.15, 0.2) is 59.4 Å². The Morgan fingerprint density at radius 3 is 2.60 bits per heavy atom. The van der Waals surface area contributed by atoms with Crippen LogP contribution >= 0.6 is 0 Å². The number of allylic oxidation sites excluding steroid dienone is 4. The fraction of sp³-hybridized carbons (Fsp3) is 0.333. The molecule has 2 aromatic rings. The second kappa shape index (κ2) is 10.1. The van der Waals surface area contributed by atoms with Gasteiger partial charge in [0, 0.05) is 16.7 Å². The molecule has 0 amide bonds. The van der Waals surface area contributed by atoms with Gasteiger partial charge in [-0.25, -0.2) is 13.5 Å². The van der Waals surface area contributed by atoms with Crippen molar-refractivity contribution in [3.05, 3.63) is 93.1 Å². The number of hydrogen-bond acceptors (Lipinski definition) is 3. The number of nitrogens with zero attached hydrogens (tertiary/aromatic N) is 2. The van der Waals surface area contributed by atoms with Crippen molar-refractivity contribution in [2.45, 2.75) is 46.6 Å². The molecule has 0 unspecified atom stereocenters. The van der Waals surface area contributed by atoms with Crippen LogP contribution in [0.4, 0.5) is 8.78 Å². The van der Waals surface area contributed by atoms with E-state index in [2.05, 4.69) is 11.7 Å². The number of benzene rings is 1. The van der Waals surface area contributed by atoms with Crippen molar-refractivity contribution in [2.24, 2.45) is 0 Å². The van der Waals surface area contributed by atoms with Gasteiger partial charge in [-0.2, -0.15) is 5.10 Å². The number of rotatable bonds is 8. The molecule has 160 valence electrons. The molecule has 1 aromatic heterocycles. The van der Waals surface area contributed by atoms with Gasteiger partial charge in [0.25, 0.3) is 5.56 Å². The lowest BCUT2D eigenvalue weighted by Crippen LogP contribution is -2.30. The zero-order valence-corrected chi connectivity index (χ0v) is 18.1. The average molecular weight is 414 g/mol. The summed E-state index contributed by atoms with van der Waals surface area (Å²) < 4.78 is 35.2. The van der Waals surface area contributed by atoms with E-state index in [0.29, 0.717) is 29.7 Å². The average Bonchev–Trinajstić information content (AvgIpc) is 2.71. The molecule has 1 heterocycles. The molecule has 0 N–H and O–H groups in total. The molecule has 0 saturated heterocycles. The van der Waals surface area contributed by atoms with Crippen molar-refractivity contribution in [1.82, 2.24) is 9.78 Å². The standard InChI is InChI=1S/C24H28F2N2O2/c1-7-9-21(30-6)23(26)16(4)22-17(5)27-28(15(2)3)24(29)20(22)13-12-18-10-8-11-19(25)14-18/h7-11,14-15H,4,12-13H2,1-3,5-6H3/b9-7-,23-21-. The van der Waals surface area contributed by atoms with E-state index in [4.69, 9.17) is 4.74 Å². The molecular formula is C24H28F2N2O2. The van der Waals surface area contributed by atoms with Gasteiger partial charge in [-0.15, -0.1) is 0 Å². The van der Waals surface area contributed by atoms with Gasteiger partial charge in [0.05, 0.1) is 18.8 Å². The van der Waals surface area contributed by atoms with Crippen molar-refractivity contribution < 1.29 is 13.5 Å². The van der Waals surface area contributed by atoms with Crippen molar-refractivity contribution >= 4 is 5.57 Å². The van der Waals surface area contributed by atoms with Gasteiger partial charge in [-0.05, 0) is 64.3 Å². The van der Waals surface area contributed by atoms with E-state index < -0.39 is 5.83 Å². The molecule has 1 aromatic carbocycles. The number of methoxy groups -OCH3 is 1. The summed E-state index contributed by atoms with van der Waals surface area (Å²) in [5.41, 5.74) is 1.74. The Labute approximate surface area is 176 Å². The Morgan fingerprint density at radius 1 is 1.33 bits per heavy atom. The van der Waals surface area contributed by atoms with E-state index in [0.717, 1.165) is 5.56 Å². The van der Waals surface area contributed by atoms with Gasteiger partial charge >= 0.3 is 0 Å². The predicted molar refractivity (Wildman–Crippen MR) is 116 cm³/mol. The SMILES string of the molecule is C=C(/C(F)=C(\C=C/C)OC)c1c(C)nn(C(C)C)c(=O)c1CCc1cccc(F)c1. The third-order valence-corrected chi connectivity index (χ3v) is 4.75. The summed E-state index contributed by atoms with van der Waals surface area (Å²) in [7, 11) is 1.37. The largest absolute Gasteiger partial charge is 0.494 e. The Balaban J connectivity index is 2.62. The normalized spacial score (nSPS) is 12.4. The molecule has 0 aliphatic carbocycles. The summed E-state index contributed by atoms with van der Waals surface area (Å²) in [6.45, 7) is 11.1. The summed E-state index contributed by atoms with van der Waals surface area (Å²) >= 11 is 0. The van der Waals surface area contributed by atoms with Crippen LogP contribution in [0.25, 0.3) is 5.57 Å². The highest BCUT2D eigenvalue weighted by molar-refractivity contribution is 5.79. The first-order valence-electron chi connectivity index (χ1n) is 9.84. The smallest absolute Gasteiger partial charge is 0.270 e. The van der Waals surface area contributed by atoms with E-state index in [1.807, 2.05) is 13.8 Å². The second-order valence-electron chi connectivity index (χ2n) is 7.27. The molecule has 0 atom stereocenters. The van der Waals surface area contributed by atoms with Crippen LogP contribution in [0.2, 0.25) is 0 Å². The van der Waals surface area contributed by atoms with Gasteiger partial charge < -0.3 is 4.74 Å². The summed E-state index contributed by atoms with van der Waals surface area (Å²) in [6, 6.07) is 6.05. The summed E-state index contributed by atoms with van der Waals surface area (Å²) in [5.74, 6) is -0.979. The lowest BCUT2D eigenvalue weighted by Gasteiger charge is -2.18. The van der Waals surface area contributed by atoms with Crippen LogP contribution < -0.4 is 5.56 Å². The maximum absolute atomic E-state index is 15.1. The number of hydrogen-bond donors (Lipinski definition) is 0. The maximum Gasteiger partial charge on any atom is 0.270 e. The van der Waals surface area contributed by atoms with Crippen LogP contribution in [-0.4, -0.2) is 16.9 Å². The monoisotopic (exact) mass is 414 g/mol. The maximum atomic E-state index is 15.1. The third-order valence-electron chi connectivity index (χ3n) is 4.75. The Bertz CT molecular complexity index is 1050. The van der Waals surface area contributed by atoms with E-state index in [-0.39, 0.29) is 28.8 Å². The zero-order chi connectivity index (χ0) is 22.4. The third kappa shape index (κ3) is 5.12. The Hall–Kier alpha value is -3.02. The minimum absolute atomic E-state index is 0.0195. The van der Waals surface area contributed by atoms with Crippen LogP contribution in [0, 0.1) is 12.7 Å². The van der Waals surface area contributed by atoms with E-state index >= 15 is 4.39 Å². The van der Waals surface area contributed by atoms with Gasteiger partial charge in [0.15, 0.2) is 11.6 Å². The number of aromatic nitrogens is 2. The number of aryl methyl sites for hydroxylation is 2. The van der Waals surface area contributed by atoms with Gasteiger partial charge in [0.2, 0.25) is 0 Å². The highest BCUT2D eigenvalue weighted by atomic mass is 19.1. The zero-order valence-electron chi connectivity index (χ0n) is 18.1. The molecule has 30 heavy (non-hydrogen) atoms. The molecule has 2 rings (SSSR count). The lowest BCUT2D eigenvalue weighted by atomic mass is 9.94. The number of halogens is 2. The molecular weight excluding hydrogens is 386 g/mol. The van der Waals surface area contributed by atoms with Gasteiger partial charge in [-0.1, -0.05) is 24.8 Å². The Morgan fingerprint density at radius 2 is 2.03 bits per heavy atom. The minimum atomic E-state index is -0.658. The first-order valence-corrected chi connectivity index (χ1v) is 9.84. The quantitative estimate of drug-likeness (QED) is 0.425. The first kappa shape index (κ1) is 23.3. The van der Waals surface area contributed by atoms with Crippen molar-refractivity contribution in [3.8, 4) is 0 Å². The van der Waals surface area contributed by atoms with Crippen molar-refractivity contribution in [2.75, 3.05) is 7.11 Å². The minimum Gasteiger partial charge on any atom is -0.494 e. The topological polar surface area (TPSA) is 44.1 Å². The fourth-order valence-electron chi connectivity index (χ4n) is 3.31. The van der Waals surface area contributed by atoms with E-state index in [1.165, 1.54) is 30.0 Å². The van der Waals surface area contributed by atoms with Crippen molar-refractivity contribution in [3.63, 3.8) is 0 Å². The van der Waals surface area contributed by atoms with Crippen LogP contribution in [0.3, 0.4) is 0 Å². The predicted octanol–water partition coefficient (Wildman–Crippen LogP) is 5.47. The van der Waals surface area contributed by atoms with Crippen LogP contribution in [-0.2, 0) is 17.6 Å². The summed E-state index contributed by atoms with van der Waals surface area (Å²) in [6.07, 6.45) is 3.86. The molecule has 0 radical (unpaired) electrons. The molecule has 4 nitrogen and oxygen atoms in total. The number of ether oxygens (including phenoxy) is 1. The molecule has 6 heteroatoms. The summed E-state index contributed by atoms with van der Waals surface area (Å²) in [5, 5.41) is 4.37.